The van der Waals surface area contributed by atoms with E-state index in [4.69, 9.17) is 32.2 Å². The average molecular weight is 1880 g/mol. The van der Waals surface area contributed by atoms with Crippen LogP contribution in [0.15, 0.2) is 205 Å². The Morgan fingerprint density at radius 1 is 0.378 bits per heavy atom. The molecule has 0 bridgehead atoms. The first-order valence-corrected chi connectivity index (χ1v) is 46.1. The second kappa shape index (κ2) is 40.3. The number of carbonyl (C=O) groups excluding carboxylic acids is 7. The lowest BCUT2D eigenvalue weighted by Crippen LogP contribution is -2.64. The normalized spacial score (nSPS) is 16.1. The molecule has 0 radical (unpaired) electrons. The largest absolute Gasteiger partial charge is 0.478 e. The van der Waals surface area contributed by atoms with Crippen molar-refractivity contribution in [3.63, 3.8) is 0 Å². The van der Waals surface area contributed by atoms with Crippen LogP contribution in [-0.4, -0.2) is 276 Å². The molecule has 8 aliphatic heterocycles. The highest BCUT2D eigenvalue weighted by Crippen LogP contribution is 2.40. The van der Waals surface area contributed by atoms with Gasteiger partial charge < -0.3 is 70.4 Å². The number of nitriles is 2. The van der Waals surface area contributed by atoms with Gasteiger partial charge in [-0.3, -0.25) is 48.3 Å². The fourth-order valence-corrected chi connectivity index (χ4v) is 19.5. The van der Waals surface area contributed by atoms with E-state index in [0.29, 0.717) is 127 Å². The standard InChI is InChI=1S/C27H27FN6O3S.C27H25FN6O2S.C16H11FN2O3.C16H9FN2O2.C11H16N4OS/c28-22-3-2-19(14-21(22)24(29)35)34-7-5-17-13-18(1-4-23(17)34)26(36)33-15-20(16-33)31-8-10-32(11-9-31)27(37)25-30-6-12-38-25;28-23-3-2-21(14-20(23)15-29)34-7-5-18-13-19(1-4-24(18)34)26(35)33-16-22(17-33)31-8-10-32(11-9-31)27(36)25-30-6-12-37-25;17-13-3-2-11(8-12(13)15(18)20)19-6-5-9-7-10(16(21)22)1-4-14(9)19;17-14-3-2-13(8-12(14)9-18)19-6-5-10-7-11(16(20)21)1-4-15(10)19;16-11(10-13-1-6-17-10)15-4-2-14(3-5-15)9-7-12-8-9/h1-4,6,12-14,20H,5,7-11,15-16H2,(H2,29,35);1-4,6,12-14,22H,5,7-11,16-17H2;1-8H,(H2,18,20)(H,21,22);1-8H,(H,20,21);1,6,9,12H,2-5,7-8H2. The topological polar surface area (TPSA) is 387 Å². The Morgan fingerprint density at radius 3 is 1.08 bits per heavy atom. The molecule has 5 aromatic heterocycles. The number of rotatable bonds is 16. The molecule has 8 aromatic carbocycles. The van der Waals surface area contributed by atoms with Gasteiger partial charge in [0.05, 0.1) is 44.4 Å². The first kappa shape index (κ1) is 92.0. The number of nitrogens with one attached hydrogen (secondary N) is 1. The fourth-order valence-electron chi connectivity index (χ4n) is 17.7. The van der Waals surface area contributed by atoms with E-state index in [0.717, 1.165) is 128 Å². The monoisotopic (exact) mass is 1880 g/mol. The van der Waals surface area contributed by atoms with Crippen molar-refractivity contribution in [1.29, 1.82) is 10.5 Å². The molecule has 7 N–H and O–H groups in total. The molecular weight excluding hydrogens is 1790 g/mol. The van der Waals surface area contributed by atoms with Gasteiger partial charge in [-0.2, -0.15) is 10.5 Å². The molecule has 0 aliphatic carbocycles. The number of halogens is 4. The fraction of sp³-hybridized carbons (Fsp3) is 0.258. The number of hydrogen-bond donors (Lipinski definition) is 5. The summed E-state index contributed by atoms with van der Waals surface area (Å²) in [5.74, 6) is -5.92. The van der Waals surface area contributed by atoms with Crippen molar-refractivity contribution in [1.82, 2.24) is 68.6 Å². The van der Waals surface area contributed by atoms with Gasteiger partial charge in [-0.15, -0.1) is 34.0 Å². The van der Waals surface area contributed by atoms with Crippen LogP contribution in [0, 0.1) is 45.9 Å². The van der Waals surface area contributed by atoms with E-state index in [1.165, 1.54) is 94.7 Å². The first-order chi connectivity index (χ1) is 65.3. The number of carbonyl (C=O) groups is 9. The summed E-state index contributed by atoms with van der Waals surface area (Å²) < 4.78 is 58.1. The molecule has 688 valence electrons. The lowest BCUT2D eigenvalue weighted by molar-refractivity contribution is 0.00806. The maximum atomic E-state index is 13.9. The Bertz CT molecular complexity index is 6810. The molecule has 0 spiro atoms. The number of nitrogens with zero attached hydrogens (tertiary/aromatic N) is 17. The zero-order valence-electron chi connectivity index (χ0n) is 72.5. The van der Waals surface area contributed by atoms with Crippen LogP contribution in [0.4, 0.5) is 40.3 Å². The van der Waals surface area contributed by atoms with E-state index < -0.39 is 47.0 Å². The lowest BCUT2D eigenvalue weighted by atomic mass is 10.0. The molecule has 6 saturated heterocycles. The summed E-state index contributed by atoms with van der Waals surface area (Å²) in [6.07, 6.45) is 9.99. The van der Waals surface area contributed by atoms with E-state index in [1.54, 1.807) is 107 Å². The second-order valence-corrected chi connectivity index (χ2v) is 35.8. The van der Waals surface area contributed by atoms with Crippen LogP contribution in [0.1, 0.15) is 114 Å². The van der Waals surface area contributed by atoms with Crippen LogP contribution >= 0.6 is 34.0 Å². The second-order valence-electron chi connectivity index (χ2n) is 33.2. The van der Waals surface area contributed by atoms with Gasteiger partial charge in [0.2, 0.25) is 0 Å². The molecule has 13 aromatic rings. The number of primary amides is 2. The average Bonchev–Trinajstić information content (AvgIpc) is 1.66. The summed E-state index contributed by atoms with van der Waals surface area (Å²) in [7, 11) is 0. The molecule has 31 nitrogen and oxygen atoms in total. The SMILES string of the molecule is N#Cc1cc(-n2ccc3cc(C(=O)O)ccc32)ccc1F.N#Cc1cc(N2CCc3cc(C(=O)N4CC(N5CCN(C(=O)c6nccs6)CC5)C4)ccc32)ccc1F.NC(=O)c1cc(-n2ccc3cc(C(=O)O)ccc32)ccc1F.NC(=O)c1cc(N2CCc3cc(C(=O)N4CC(N5CCN(C(=O)c6nccs6)CC5)C4)ccc32)ccc1F.O=C(c1nccs1)N1CCN(C2CNC2)CC1. The zero-order valence-corrected chi connectivity index (χ0v) is 74.9. The molecule has 0 saturated carbocycles. The van der Waals surface area contributed by atoms with Crippen LogP contribution in [-0.2, 0) is 12.8 Å². The number of benzene rings is 8. The molecular formula is C97H88F4N20O11S3. The third kappa shape index (κ3) is 20.0. The molecule has 6 fully saturated rings. The number of aromatic carboxylic acids is 2. The van der Waals surface area contributed by atoms with E-state index in [-0.39, 0.29) is 62.9 Å². The third-order valence-corrected chi connectivity index (χ3v) is 27.6. The van der Waals surface area contributed by atoms with Crippen molar-refractivity contribution in [2.75, 3.05) is 141 Å². The Labute approximate surface area is 782 Å². The molecule has 38 heteroatoms. The number of carboxylic acid groups (broad SMARTS) is 2. The van der Waals surface area contributed by atoms with Gasteiger partial charge in [-0.1, -0.05) is 0 Å². The number of amides is 7. The molecule has 0 unspecified atom stereocenters. The number of aromatic nitrogens is 5. The minimum Gasteiger partial charge on any atom is -0.478 e. The molecule has 21 rings (SSSR count). The summed E-state index contributed by atoms with van der Waals surface area (Å²) in [4.78, 5) is 141. The Balaban J connectivity index is 0.000000121. The maximum absolute atomic E-state index is 13.9. The highest BCUT2D eigenvalue weighted by Gasteiger charge is 2.41. The van der Waals surface area contributed by atoms with Crippen LogP contribution in [0.5, 0.6) is 0 Å². The zero-order chi connectivity index (χ0) is 94.4. The van der Waals surface area contributed by atoms with Crippen LogP contribution < -0.4 is 26.6 Å². The van der Waals surface area contributed by atoms with Gasteiger partial charge in [0.1, 0.15) is 35.4 Å². The Hall–Kier alpha value is -14.9. The predicted octanol–water partition coefficient (Wildman–Crippen LogP) is 11.3. The Morgan fingerprint density at radius 2 is 0.726 bits per heavy atom. The van der Waals surface area contributed by atoms with Gasteiger partial charge >= 0.3 is 11.9 Å². The van der Waals surface area contributed by atoms with Crippen molar-refractivity contribution in [2.24, 2.45) is 11.5 Å². The number of nitrogens with two attached hydrogens (primary N) is 2. The number of thiazole rings is 3. The van der Waals surface area contributed by atoms with Gasteiger partial charge in [0, 0.05) is 252 Å². The summed E-state index contributed by atoms with van der Waals surface area (Å²) in [6.45, 7) is 15.8. The minimum absolute atomic E-state index is 0.000158. The van der Waals surface area contributed by atoms with Gasteiger partial charge in [-0.25, -0.2) is 42.1 Å². The lowest BCUT2D eigenvalue weighted by Gasteiger charge is -2.48. The number of hydrogen-bond acceptors (Lipinski definition) is 23. The number of fused-ring (bicyclic) bond motifs is 4. The molecule has 0 atom stereocenters. The summed E-state index contributed by atoms with van der Waals surface area (Å²) in [5, 5.41) is 48.0. The van der Waals surface area contributed by atoms with Gasteiger partial charge in [0.15, 0.2) is 15.0 Å². The highest BCUT2D eigenvalue weighted by atomic mass is 32.1. The quantitative estimate of drug-likeness (QED) is 0.0561. The van der Waals surface area contributed by atoms with Crippen LogP contribution in [0.3, 0.4) is 0 Å². The van der Waals surface area contributed by atoms with E-state index in [1.807, 2.05) is 88.0 Å². The number of likely N-dealkylation sites (tertiary alicyclic amines) is 2. The number of anilines is 4. The van der Waals surface area contributed by atoms with Crippen molar-refractivity contribution < 1.29 is 70.9 Å². The van der Waals surface area contributed by atoms with E-state index >= 15 is 0 Å². The molecule has 8 aliphatic rings. The van der Waals surface area contributed by atoms with E-state index in [2.05, 4.69) is 39.9 Å². The van der Waals surface area contributed by atoms with Crippen molar-refractivity contribution in [3.05, 3.63) is 299 Å². The summed E-state index contributed by atoms with van der Waals surface area (Å²) in [6, 6.07) is 46.7. The van der Waals surface area contributed by atoms with Crippen molar-refractivity contribution >= 4 is 132 Å². The smallest absolute Gasteiger partial charge is 0.335 e. The number of piperazine rings is 3. The summed E-state index contributed by atoms with van der Waals surface area (Å²) >= 11 is 4.15. The molecule has 13 heterocycles. The number of carboxylic acids is 2. The van der Waals surface area contributed by atoms with Crippen LogP contribution in [0.25, 0.3) is 33.2 Å². The third-order valence-electron chi connectivity index (χ3n) is 25.3. The van der Waals surface area contributed by atoms with E-state index in [9.17, 15) is 60.7 Å². The predicted molar refractivity (Wildman–Crippen MR) is 499 cm³/mol. The van der Waals surface area contributed by atoms with Gasteiger partial charge in [-0.05, 0) is 182 Å². The highest BCUT2D eigenvalue weighted by molar-refractivity contribution is 7.12. The van der Waals surface area contributed by atoms with Crippen molar-refractivity contribution in [3.8, 4) is 23.5 Å². The van der Waals surface area contributed by atoms with Crippen LogP contribution in [0.2, 0.25) is 0 Å². The maximum Gasteiger partial charge on any atom is 0.335 e. The minimum atomic E-state index is -1.01. The first-order valence-electron chi connectivity index (χ1n) is 43.5. The summed E-state index contributed by atoms with van der Waals surface area (Å²) in [5.41, 5.74) is 20.1. The van der Waals surface area contributed by atoms with Gasteiger partial charge in [0.25, 0.3) is 41.4 Å². The molecule has 7 amide bonds. The Kier molecular flexibility index (Phi) is 27.4. The van der Waals surface area contributed by atoms with Crippen molar-refractivity contribution in [2.45, 2.75) is 31.0 Å². The molecule has 135 heavy (non-hydrogen) atoms.